The molecule has 2 aromatic rings. The van der Waals surface area contributed by atoms with E-state index in [1.54, 1.807) is 0 Å². The summed E-state index contributed by atoms with van der Waals surface area (Å²) in [6.07, 6.45) is 3.36. The minimum atomic E-state index is 0.560. The molecule has 21 heavy (non-hydrogen) atoms. The van der Waals surface area contributed by atoms with Crippen LogP contribution in [0.4, 0.5) is 0 Å². The first-order valence-electron chi connectivity index (χ1n) is 8.25. The quantitative estimate of drug-likeness (QED) is 0.664. The van der Waals surface area contributed by atoms with Gasteiger partial charge in [0.15, 0.2) is 0 Å². The number of nitrogens with one attached hydrogen (secondary N) is 2. The van der Waals surface area contributed by atoms with Gasteiger partial charge in [-0.3, -0.25) is 0 Å². The lowest BCUT2D eigenvalue weighted by Crippen LogP contribution is -2.01. The molecule has 0 spiro atoms. The van der Waals surface area contributed by atoms with Gasteiger partial charge < -0.3 is 9.97 Å². The van der Waals surface area contributed by atoms with Crippen LogP contribution in [-0.2, 0) is 0 Å². The Labute approximate surface area is 129 Å². The Morgan fingerprint density at radius 3 is 1.95 bits per heavy atom. The summed E-state index contributed by atoms with van der Waals surface area (Å²) < 4.78 is 0. The van der Waals surface area contributed by atoms with Crippen molar-refractivity contribution in [3.63, 3.8) is 0 Å². The summed E-state index contributed by atoms with van der Waals surface area (Å²) >= 11 is 0. The standard InChI is InChI=1S/C19H30N2/c1-12(2)17-7-8-18(21-17)15(6)9-14(5)16-10-19(13(3)4)20-11-16/h7-8,10-15,20-21H,9H2,1-6H3. The first-order chi connectivity index (χ1) is 9.88. The molecule has 0 radical (unpaired) electrons. The Morgan fingerprint density at radius 1 is 0.810 bits per heavy atom. The van der Waals surface area contributed by atoms with E-state index in [0.717, 1.165) is 0 Å². The third-order valence-electron chi connectivity index (χ3n) is 4.51. The second-order valence-corrected chi connectivity index (χ2v) is 7.10. The normalized spacial score (nSPS) is 14.9. The van der Waals surface area contributed by atoms with E-state index in [9.17, 15) is 0 Å². The largest absolute Gasteiger partial charge is 0.364 e. The maximum Gasteiger partial charge on any atom is 0.0178 e. The average molecular weight is 286 g/mol. The molecule has 2 nitrogen and oxygen atoms in total. The molecule has 2 N–H and O–H groups in total. The van der Waals surface area contributed by atoms with Crippen LogP contribution in [0.25, 0.3) is 0 Å². The van der Waals surface area contributed by atoms with Gasteiger partial charge in [0.2, 0.25) is 0 Å². The zero-order chi connectivity index (χ0) is 15.6. The van der Waals surface area contributed by atoms with Crippen molar-refractivity contribution in [3.05, 3.63) is 47.0 Å². The van der Waals surface area contributed by atoms with Gasteiger partial charge in [-0.05, 0) is 53.9 Å². The number of aromatic nitrogens is 2. The zero-order valence-electron chi connectivity index (χ0n) is 14.3. The minimum absolute atomic E-state index is 0.560. The van der Waals surface area contributed by atoms with E-state index in [2.05, 4.69) is 75.9 Å². The molecule has 0 saturated carbocycles. The number of hydrogen-bond acceptors (Lipinski definition) is 0. The van der Waals surface area contributed by atoms with Crippen LogP contribution in [0.5, 0.6) is 0 Å². The molecule has 0 saturated heterocycles. The smallest absolute Gasteiger partial charge is 0.0178 e. The highest BCUT2D eigenvalue weighted by Gasteiger charge is 2.16. The van der Waals surface area contributed by atoms with Crippen LogP contribution in [0.15, 0.2) is 24.4 Å². The van der Waals surface area contributed by atoms with Crippen molar-refractivity contribution in [2.45, 2.75) is 71.6 Å². The molecule has 0 aromatic carbocycles. The predicted molar refractivity (Wildman–Crippen MR) is 91.2 cm³/mol. The van der Waals surface area contributed by atoms with Gasteiger partial charge in [-0.15, -0.1) is 0 Å². The summed E-state index contributed by atoms with van der Waals surface area (Å²) in [7, 11) is 0. The summed E-state index contributed by atoms with van der Waals surface area (Å²) in [6.45, 7) is 13.6. The van der Waals surface area contributed by atoms with Crippen molar-refractivity contribution < 1.29 is 0 Å². The lowest BCUT2D eigenvalue weighted by atomic mass is 9.90. The molecule has 0 bridgehead atoms. The van der Waals surface area contributed by atoms with E-state index in [0.29, 0.717) is 23.7 Å². The molecule has 0 amide bonds. The molecule has 2 unspecified atom stereocenters. The lowest BCUT2D eigenvalue weighted by molar-refractivity contribution is 0.582. The van der Waals surface area contributed by atoms with E-state index in [1.807, 2.05) is 0 Å². The van der Waals surface area contributed by atoms with Gasteiger partial charge in [0.25, 0.3) is 0 Å². The van der Waals surface area contributed by atoms with Crippen LogP contribution < -0.4 is 0 Å². The van der Waals surface area contributed by atoms with Gasteiger partial charge in [-0.2, -0.15) is 0 Å². The van der Waals surface area contributed by atoms with Gasteiger partial charge in [-0.1, -0.05) is 41.5 Å². The van der Waals surface area contributed by atoms with Gasteiger partial charge in [0.05, 0.1) is 0 Å². The highest BCUT2D eigenvalue weighted by atomic mass is 14.7. The van der Waals surface area contributed by atoms with E-state index >= 15 is 0 Å². The molecule has 2 heteroatoms. The van der Waals surface area contributed by atoms with Crippen molar-refractivity contribution in [1.29, 1.82) is 0 Å². The molecular formula is C19H30N2. The summed E-state index contributed by atoms with van der Waals surface area (Å²) in [5.74, 6) is 2.28. The second-order valence-electron chi connectivity index (χ2n) is 7.10. The molecule has 2 heterocycles. The Hall–Kier alpha value is -1.44. The average Bonchev–Trinajstić information content (AvgIpc) is 3.08. The summed E-state index contributed by atoms with van der Waals surface area (Å²) in [5.41, 5.74) is 5.48. The van der Waals surface area contributed by atoms with Crippen molar-refractivity contribution in [2.75, 3.05) is 0 Å². The predicted octanol–water partition coefficient (Wildman–Crippen LogP) is 5.89. The Kier molecular flexibility index (Phi) is 4.97. The maximum atomic E-state index is 3.58. The van der Waals surface area contributed by atoms with Crippen LogP contribution in [0.3, 0.4) is 0 Å². The number of aromatic amines is 2. The van der Waals surface area contributed by atoms with Gasteiger partial charge in [0, 0.05) is 23.3 Å². The fourth-order valence-electron chi connectivity index (χ4n) is 2.89. The summed E-state index contributed by atoms with van der Waals surface area (Å²) in [4.78, 5) is 7.00. The SMILES string of the molecule is CC(C)c1cc(C(C)CC(C)c2ccc(C(C)C)[nH]2)c[nH]1. The number of rotatable bonds is 6. The molecule has 2 atom stereocenters. The molecule has 2 rings (SSSR count). The maximum absolute atomic E-state index is 3.58. The fourth-order valence-corrected chi connectivity index (χ4v) is 2.89. The van der Waals surface area contributed by atoms with Crippen LogP contribution in [-0.4, -0.2) is 9.97 Å². The van der Waals surface area contributed by atoms with Crippen molar-refractivity contribution >= 4 is 0 Å². The van der Waals surface area contributed by atoms with E-state index in [-0.39, 0.29) is 0 Å². The third-order valence-corrected chi connectivity index (χ3v) is 4.51. The van der Waals surface area contributed by atoms with Gasteiger partial charge in [0.1, 0.15) is 0 Å². The van der Waals surface area contributed by atoms with Gasteiger partial charge >= 0.3 is 0 Å². The second kappa shape index (κ2) is 6.55. The zero-order valence-corrected chi connectivity index (χ0v) is 14.3. The molecule has 116 valence electrons. The Bertz CT molecular complexity index is 509. The van der Waals surface area contributed by atoms with Crippen LogP contribution in [0, 0.1) is 0 Å². The lowest BCUT2D eigenvalue weighted by Gasteiger charge is -2.16. The van der Waals surface area contributed by atoms with E-state index in [4.69, 9.17) is 0 Å². The van der Waals surface area contributed by atoms with E-state index in [1.165, 1.54) is 29.1 Å². The minimum Gasteiger partial charge on any atom is -0.364 e. The molecule has 0 fully saturated rings. The van der Waals surface area contributed by atoms with Crippen LogP contribution >= 0.6 is 0 Å². The third kappa shape index (κ3) is 3.81. The monoisotopic (exact) mass is 286 g/mol. The topological polar surface area (TPSA) is 31.6 Å². The number of hydrogen-bond donors (Lipinski definition) is 2. The van der Waals surface area contributed by atoms with Gasteiger partial charge in [-0.25, -0.2) is 0 Å². The Morgan fingerprint density at radius 2 is 1.43 bits per heavy atom. The van der Waals surface area contributed by atoms with Crippen LogP contribution in [0.2, 0.25) is 0 Å². The van der Waals surface area contributed by atoms with Crippen molar-refractivity contribution in [3.8, 4) is 0 Å². The molecule has 2 aromatic heterocycles. The highest BCUT2D eigenvalue weighted by molar-refractivity contribution is 5.24. The first-order valence-corrected chi connectivity index (χ1v) is 8.25. The summed E-state index contributed by atoms with van der Waals surface area (Å²) in [6, 6.07) is 6.81. The molecular weight excluding hydrogens is 256 g/mol. The fraction of sp³-hybridized carbons (Fsp3) is 0.579. The number of H-pyrrole nitrogens is 2. The van der Waals surface area contributed by atoms with Crippen LogP contribution in [0.1, 0.15) is 94.3 Å². The first kappa shape index (κ1) is 15.9. The highest BCUT2D eigenvalue weighted by Crippen LogP contribution is 2.31. The molecule has 0 aliphatic carbocycles. The molecule has 0 aliphatic rings. The van der Waals surface area contributed by atoms with E-state index < -0.39 is 0 Å². The molecule has 0 aliphatic heterocycles. The summed E-state index contributed by atoms with van der Waals surface area (Å²) in [5, 5.41) is 0. The van der Waals surface area contributed by atoms with Crippen molar-refractivity contribution in [2.24, 2.45) is 0 Å². The van der Waals surface area contributed by atoms with Crippen molar-refractivity contribution in [1.82, 2.24) is 9.97 Å². The Balaban J connectivity index is 2.01.